The van der Waals surface area contributed by atoms with Gasteiger partial charge in [-0.25, -0.2) is 4.79 Å². The fourth-order valence-electron chi connectivity index (χ4n) is 3.47. The predicted molar refractivity (Wildman–Crippen MR) is 80.7 cm³/mol. The highest BCUT2D eigenvalue weighted by Gasteiger charge is 2.37. The molecule has 22 heavy (non-hydrogen) atoms. The van der Waals surface area contributed by atoms with Crippen molar-refractivity contribution in [1.82, 2.24) is 15.5 Å². The van der Waals surface area contributed by atoms with Crippen LogP contribution in [0.25, 0.3) is 0 Å². The molecule has 3 aliphatic rings. The van der Waals surface area contributed by atoms with Crippen molar-refractivity contribution in [3.05, 3.63) is 0 Å². The highest BCUT2D eigenvalue weighted by molar-refractivity contribution is 5.74. The molecule has 0 aromatic carbocycles. The number of nitrogens with one attached hydrogen (secondary N) is 2. The van der Waals surface area contributed by atoms with Crippen LogP contribution in [0.4, 0.5) is 4.79 Å². The van der Waals surface area contributed by atoms with Crippen molar-refractivity contribution < 1.29 is 19.4 Å². The first-order valence-electron chi connectivity index (χ1n) is 8.40. The lowest BCUT2D eigenvalue weighted by molar-refractivity contribution is 0.0358. The van der Waals surface area contributed by atoms with E-state index in [0.29, 0.717) is 45.5 Å². The minimum atomic E-state index is -0.564. The van der Waals surface area contributed by atoms with Crippen LogP contribution in [0.5, 0.6) is 0 Å². The third-order valence-electron chi connectivity index (χ3n) is 4.84. The maximum Gasteiger partial charge on any atom is 0.317 e. The minimum absolute atomic E-state index is 0.0200. The molecule has 3 fully saturated rings. The average Bonchev–Trinajstić information content (AvgIpc) is 3.18. The van der Waals surface area contributed by atoms with Gasteiger partial charge in [-0.05, 0) is 12.8 Å². The summed E-state index contributed by atoms with van der Waals surface area (Å²) in [6, 6.07) is 0.379. The summed E-state index contributed by atoms with van der Waals surface area (Å²) in [6.45, 7) is 3.26. The topological polar surface area (TPSA) is 83.1 Å². The van der Waals surface area contributed by atoms with E-state index in [1.807, 2.05) is 0 Å². The van der Waals surface area contributed by atoms with Crippen molar-refractivity contribution in [2.24, 2.45) is 0 Å². The van der Waals surface area contributed by atoms with Gasteiger partial charge in [-0.3, -0.25) is 0 Å². The Morgan fingerprint density at radius 2 is 1.95 bits per heavy atom. The second kappa shape index (κ2) is 7.59. The van der Waals surface area contributed by atoms with Gasteiger partial charge < -0.3 is 30.1 Å². The summed E-state index contributed by atoms with van der Waals surface area (Å²) in [7, 11) is 0. The van der Waals surface area contributed by atoms with E-state index in [9.17, 15) is 9.90 Å². The van der Waals surface area contributed by atoms with Gasteiger partial charge in [-0.2, -0.15) is 0 Å². The lowest BCUT2D eigenvalue weighted by Crippen LogP contribution is -2.50. The molecule has 0 aromatic rings. The van der Waals surface area contributed by atoms with Crippen molar-refractivity contribution in [1.29, 1.82) is 0 Å². The summed E-state index contributed by atoms with van der Waals surface area (Å²) in [4.78, 5) is 13.8. The molecule has 3 N–H and O–H groups in total. The molecular weight excluding hydrogens is 286 g/mol. The Morgan fingerprint density at radius 1 is 1.23 bits per heavy atom. The van der Waals surface area contributed by atoms with Gasteiger partial charge in [0.1, 0.15) is 6.10 Å². The number of nitrogens with zero attached hydrogens (tertiary/aromatic N) is 1. The number of aliphatic hydroxyl groups excluding tert-OH is 1. The van der Waals surface area contributed by atoms with Crippen LogP contribution in [0.1, 0.15) is 25.7 Å². The van der Waals surface area contributed by atoms with Crippen LogP contribution < -0.4 is 10.6 Å². The van der Waals surface area contributed by atoms with Crippen LogP contribution >= 0.6 is 0 Å². The van der Waals surface area contributed by atoms with E-state index < -0.39 is 6.10 Å². The molecule has 126 valence electrons. The quantitative estimate of drug-likeness (QED) is 0.663. The standard InChI is InChI=1S/C15H27N3O4/c19-14-12(17-11-3-1-2-4-11)10-22-13(14)9-16-15(20)18-5-7-21-8-6-18/h11-14,17,19H,1-10H2,(H,16,20). The van der Waals surface area contributed by atoms with E-state index in [4.69, 9.17) is 9.47 Å². The number of morpholine rings is 1. The van der Waals surface area contributed by atoms with E-state index in [1.165, 1.54) is 25.7 Å². The second-order valence-corrected chi connectivity index (χ2v) is 6.40. The highest BCUT2D eigenvalue weighted by atomic mass is 16.5. The van der Waals surface area contributed by atoms with Crippen LogP contribution in [-0.2, 0) is 9.47 Å². The smallest absolute Gasteiger partial charge is 0.317 e. The van der Waals surface area contributed by atoms with Crippen molar-refractivity contribution >= 4 is 6.03 Å². The number of ether oxygens (including phenoxy) is 2. The summed E-state index contributed by atoms with van der Waals surface area (Å²) >= 11 is 0. The summed E-state index contributed by atoms with van der Waals surface area (Å²) in [5.41, 5.74) is 0. The molecular formula is C15H27N3O4. The lowest BCUT2D eigenvalue weighted by atomic mass is 10.1. The molecule has 7 heteroatoms. The zero-order valence-electron chi connectivity index (χ0n) is 13.0. The van der Waals surface area contributed by atoms with Gasteiger partial charge in [-0.15, -0.1) is 0 Å². The fraction of sp³-hybridized carbons (Fsp3) is 0.933. The predicted octanol–water partition coefficient (Wildman–Crippen LogP) is -0.311. The van der Waals surface area contributed by atoms with E-state index >= 15 is 0 Å². The molecule has 2 saturated heterocycles. The molecule has 0 radical (unpaired) electrons. The molecule has 2 amide bonds. The first-order valence-corrected chi connectivity index (χ1v) is 8.40. The summed E-state index contributed by atoms with van der Waals surface area (Å²) in [5, 5.41) is 16.7. The van der Waals surface area contributed by atoms with Crippen LogP contribution in [0.2, 0.25) is 0 Å². The molecule has 1 saturated carbocycles. The first-order chi connectivity index (χ1) is 10.7. The summed E-state index contributed by atoms with van der Waals surface area (Å²) in [5.74, 6) is 0. The SMILES string of the molecule is O=C(NCC1OCC(NC2CCCC2)C1O)N1CCOCC1. The molecule has 3 rings (SSSR count). The van der Waals surface area contributed by atoms with Crippen LogP contribution in [0.3, 0.4) is 0 Å². The third-order valence-corrected chi connectivity index (χ3v) is 4.84. The van der Waals surface area contributed by atoms with Gasteiger partial charge in [0.25, 0.3) is 0 Å². The monoisotopic (exact) mass is 313 g/mol. The van der Waals surface area contributed by atoms with Gasteiger partial charge in [0.15, 0.2) is 0 Å². The molecule has 0 aromatic heterocycles. The lowest BCUT2D eigenvalue weighted by Gasteiger charge is -2.28. The Morgan fingerprint density at radius 3 is 2.68 bits per heavy atom. The molecule has 0 spiro atoms. The van der Waals surface area contributed by atoms with Crippen LogP contribution in [0, 0.1) is 0 Å². The minimum Gasteiger partial charge on any atom is -0.389 e. The highest BCUT2D eigenvalue weighted by Crippen LogP contribution is 2.21. The van der Waals surface area contributed by atoms with Gasteiger partial charge in [0.05, 0.1) is 32.0 Å². The zero-order chi connectivity index (χ0) is 15.4. The average molecular weight is 313 g/mol. The van der Waals surface area contributed by atoms with Gasteiger partial charge in [0.2, 0.25) is 0 Å². The van der Waals surface area contributed by atoms with Gasteiger partial charge in [-0.1, -0.05) is 12.8 Å². The van der Waals surface area contributed by atoms with Crippen molar-refractivity contribution in [3.63, 3.8) is 0 Å². The second-order valence-electron chi connectivity index (χ2n) is 6.40. The number of hydrogen-bond acceptors (Lipinski definition) is 5. The largest absolute Gasteiger partial charge is 0.389 e. The molecule has 0 bridgehead atoms. The molecule has 1 aliphatic carbocycles. The number of rotatable bonds is 4. The van der Waals surface area contributed by atoms with Gasteiger partial charge in [0, 0.05) is 25.7 Å². The van der Waals surface area contributed by atoms with E-state index in [2.05, 4.69) is 10.6 Å². The molecule has 7 nitrogen and oxygen atoms in total. The Hall–Kier alpha value is -0.890. The van der Waals surface area contributed by atoms with Gasteiger partial charge >= 0.3 is 6.03 Å². The van der Waals surface area contributed by atoms with Crippen molar-refractivity contribution in [2.75, 3.05) is 39.5 Å². The number of hydrogen-bond donors (Lipinski definition) is 3. The number of aliphatic hydroxyl groups is 1. The normalized spacial score (nSPS) is 33.3. The zero-order valence-corrected chi connectivity index (χ0v) is 13.0. The number of amides is 2. The number of urea groups is 1. The first kappa shape index (κ1) is 16.0. The van der Waals surface area contributed by atoms with Crippen LogP contribution in [0.15, 0.2) is 0 Å². The van der Waals surface area contributed by atoms with E-state index in [1.54, 1.807) is 4.90 Å². The van der Waals surface area contributed by atoms with E-state index in [-0.39, 0.29) is 18.2 Å². The van der Waals surface area contributed by atoms with E-state index in [0.717, 1.165) is 0 Å². The number of carbonyl (C=O) groups excluding carboxylic acids is 1. The van der Waals surface area contributed by atoms with Crippen molar-refractivity contribution in [2.45, 2.75) is 50.0 Å². The third kappa shape index (κ3) is 3.90. The van der Waals surface area contributed by atoms with Crippen LogP contribution in [-0.4, -0.2) is 79.8 Å². The Labute approximate surface area is 131 Å². The maximum absolute atomic E-state index is 12.0. The summed E-state index contributed by atoms with van der Waals surface area (Å²) in [6.07, 6.45) is 4.00. The van der Waals surface area contributed by atoms with Crippen molar-refractivity contribution in [3.8, 4) is 0 Å². The summed E-state index contributed by atoms with van der Waals surface area (Å²) < 4.78 is 10.9. The Bertz CT molecular complexity index is 370. The number of carbonyl (C=O) groups is 1. The fourth-order valence-corrected chi connectivity index (χ4v) is 3.47. The molecule has 2 aliphatic heterocycles. The Kier molecular flexibility index (Phi) is 5.51. The molecule has 3 atom stereocenters. The molecule has 2 heterocycles. The Balaban J connectivity index is 1.40. The maximum atomic E-state index is 12.0. The molecule has 3 unspecified atom stereocenters.